The van der Waals surface area contributed by atoms with Crippen LogP contribution in [0.15, 0.2) is 11.6 Å². The second-order valence-corrected chi connectivity index (χ2v) is 6.28. The number of carbonyl (C=O) groups excluding carboxylic acids is 1. The van der Waals surface area contributed by atoms with E-state index in [0.717, 1.165) is 12.8 Å². The minimum atomic E-state index is 0.512. The summed E-state index contributed by atoms with van der Waals surface area (Å²) in [4.78, 5) is 14.4. The zero-order valence-corrected chi connectivity index (χ0v) is 11.4. The second-order valence-electron chi connectivity index (χ2n) is 6.28. The van der Waals surface area contributed by atoms with E-state index < -0.39 is 0 Å². The van der Waals surface area contributed by atoms with Gasteiger partial charge < -0.3 is 0 Å². The van der Waals surface area contributed by atoms with Gasteiger partial charge >= 0.3 is 0 Å². The van der Waals surface area contributed by atoms with Crippen molar-refractivity contribution in [3.63, 3.8) is 0 Å². The van der Waals surface area contributed by atoms with Crippen molar-refractivity contribution < 1.29 is 4.79 Å². The minimum Gasteiger partial charge on any atom is -0.300 e. The quantitative estimate of drug-likeness (QED) is 0.712. The van der Waals surface area contributed by atoms with Crippen molar-refractivity contribution in [2.24, 2.45) is 0 Å². The highest BCUT2D eigenvalue weighted by molar-refractivity contribution is 5.80. The zero-order valence-electron chi connectivity index (χ0n) is 11.4. The third kappa shape index (κ3) is 2.69. The Morgan fingerprint density at radius 2 is 1.89 bits per heavy atom. The van der Waals surface area contributed by atoms with Gasteiger partial charge in [0.15, 0.2) is 0 Å². The summed E-state index contributed by atoms with van der Waals surface area (Å²) >= 11 is 0. The van der Waals surface area contributed by atoms with Crippen molar-refractivity contribution in [3.05, 3.63) is 11.6 Å². The number of piperidine rings is 2. The topological polar surface area (TPSA) is 20.3 Å². The number of Topliss-reactive ketones (excluding diaryl/α,β-unsaturated/α-hetero) is 1. The van der Waals surface area contributed by atoms with Crippen LogP contribution in [0.1, 0.15) is 64.2 Å². The number of nitrogens with zero attached hydrogens (tertiary/aromatic N) is 1. The molecule has 18 heavy (non-hydrogen) atoms. The lowest BCUT2D eigenvalue weighted by atomic mass is 9.83. The molecule has 0 radical (unpaired) electrons. The van der Waals surface area contributed by atoms with Crippen molar-refractivity contribution >= 4 is 5.78 Å². The van der Waals surface area contributed by atoms with Crippen LogP contribution in [0.3, 0.4) is 0 Å². The average Bonchev–Trinajstić information content (AvgIpc) is 2.37. The third-order valence-electron chi connectivity index (χ3n) is 5.02. The standard InChI is InChI=1S/C16H25NO/c18-16-11-14-7-4-8-15(12-16)17(14)10-9-13-5-2-1-3-6-13/h5,14-15H,1-4,6-12H2. The van der Waals surface area contributed by atoms with E-state index in [9.17, 15) is 4.79 Å². The molecule has 2 heterocycles. The first kappa shape index (κ1) is 12.4. The molecule has 2 fully saturated rings. The van der Waals surface area contributed by atoms with Gasteiger partial charge in [-0.3, -0.25) is 9.69 Å². The monoisotopic (exact) mass is 247 g/mol. The van der Waals surface area contributed by atoms with E-state index in [2.05, 4.69) is 11.0 Å². The van der Waals surface area contributed by atoms with Crippen molar-refractivity contribution in [1.82, 2.24) is 4.90 Å². The van der Waals surface area contributed by atoms with Gasteiger partial charge in [-0.2, -0.15) is 0 Å². The van der Waals surface area contributed by atoms with Crippen molar-refractivity contribution in [1.29, 1.82) is 0 Å². The average molecular weight is 247 g/mol. The molecule has 2 saturated heterocycles. The van der Waals surface area contributed by atoms with Crippen LogP contribution in [0, 0.1) is 0 Å². The molecule has 2 heteroatoms. The van der Waals surface area contributed by atoms with Gasteiger partial charge in [0.2, 0.25) is 0 Å². The van der Waals surface area contributed by atoms with E-state index in [1.807, 2.05) is 0 Å². The molecular formula is C16H25NO. The molecule has 2 unspecified atom stereocenters. The number of allylic oxidation sites excluding steroid dienone is 1. The normalized spacial score (nSPS) is 33.3. The molecule has 0 saturated carbocycles. The molecule has 2 aliphatic heterocycles. The van der Waals surface area contributed by atoms with Crippen molar-refractivity contribution in [3.8, 4) is 0 Å². The zero-order chi connectivity index (χ0) is 12.4. The maximum atomic E-state index is 11.7. The van der Waals surface area contributed by atoms with Gasteiger partial charge in [0, 0.05) is 31.5 Å². The molecule has 2 bridgehead atoms. The van der Waals surface area contributed by atoms with E-state index in [1.165, 1.54) is 57.9 Å². The Morgan fingerprint density at radius 1 is 1.11 bits per heavy atom. The summed E-state index contributed by atoms with van der Waals surface area (Å²) < 4.78 is 0. The lowest BCUT2D eigenvalue weighted by Gasteiger charge is -2.45. The van der Waals surface area contributed by atoms with Crippen molar-refractivity contribution in [2.75, 3.05) is 6.54 Å². The number of ketones is 1. The molecule has 2 nitrogen and oxygen atoms in total. The van der Waals surface area contributed by atoms with Crippen LogP contribution in [-0.4, -0.2) is 29.3 Å². The Balaban J connectivity index is 1.58. The van der Waals surface area contributed by atoms with Crippen LogP contribution >= 0.6 is 0 Å². The lowest BCUT2D eigenvalue weighted by molar-refractivity contribution is -0.127. The van der Waals surface area contributed by atoms with Gasteiger partial charge in [-0.15, -0.1) is 0 Å². The van der Waals surface area contributed by atoms with E-state index in [1.54, 1.807) is 5.57 Å². The number of hydrogen-bond acceptors (Lipinski definition) is 2. The van der Waals surface area contributed by atoms with E-state index >= 15 is 0 Å². The SMILES string of the molecule is O=C1CC2CCCC(C1)N2CCC1=CCCCC1. The highest BCUT2D eigenvalue weighted by atomic mass is 16.1. The Bertz CT molecular complexity index is 331. The first-order valence-electron chi connectivity index (χ1n) is 7.78. The summed E-state index contributed by atoms with van der Waals surface area (Å²) in [6, 6.07) is 1.16. The highest BCUT2D eigenvalue weighted by Gasteiger charge is 2.36. The van der Waals surface area contributed by atoms with Crippen LogP contribution in [0.5, 0.6) is 0 Å². The number of rotatable bonds is 3. The van der Waals surface area contributed by atoms with Crippen molar-refractivity contribution in [2.45, 2.75) is 76.3 Å². The first-order chi connectivity index (χ1) is 8.83. The molecule has 100 valence electrons. The number of carbonyl (C=O) groups is 1. The molecule has 2 atom stereocenters. The molecule has 3 aliphatic rings. The Kier molecular flexibility index (Phi) is 3.83. The summed E-state index contributed by atoms with van der Waals surface area (Å²) in [6.45, 7) is 1.20. The molecule has 0 spiro atoms. The molecule has 0 aromatic heterocycles. The van der Waals surface area contributed by atoms with Gasteiger partial charge in [0.25, 0.3) is 0 Å². The fraction of sp³-hybridized carbons (Fsp3) is 0.812. The summed E-state index contributed by atoms with van der Waals surface area (Å²) in [6.07, 6.45) is 14.6. The number of hydrogen-bond donors (Lipinski definition) is 0. The van der Waals surface area contributed by atoms with Crippen LogP contribution in [0.2, 0.25) is 0 Å². The predicted molar refractivity (Wildman–Crippen MR) is 73.5 cm³/mol. The smallest absolute Gasteiger partial charge is 0.136 e. The van der Waals surface area contributed by atoms with E-state index in [4.69, 9.17) is 0 Å². The summed E-state index contributed by atoms with van der Waals surface area (Å²) in [5.41, 5.74) is 1.68. The van der Waals surface area contributed by atoms with E-state index in [-0.39, 0.29) is 0 Å². The minimum absolute atomic E-state index is 0.512. The fourth-order valence-electron chi connectivity index (χ4n) is 4.04. The lowest BCUT2D eigenvalue weighted by Crippen LogP contribution is -2.52. The summed E-state index contributed by atoms with van der Waals surface area (Å²) in [7, 11) is 0. The van der Waals surface area contributed by atoms with Crippen LogP contribution < -0.4 is 0 Å². The summed E-state index contributed by atoms with van der Waals surface area (Å²) in [5.74, 6) is 0.512. The number of fused-ring (bicyclic) bond motifs is 2. The van der Waals surface area contributed by atoms with Gasteiger partial charge in [0.1, 0.15) is 5.78 Å². The Hall–Kier alpha value is -0.630. The van der Waals surface area contributed by atoms with Crippen LogP contribution in [0.25, 0.3) is 0 Å². The van der Waals surface area contributed by atoms with Gasteiger partial charge in [-0.25, -0.2) is 0 Å². The van der Waals surface area contributed by atoms with Gasteiger partial charge in [-0.05, 0) is 44.9 Å². The summed E-state index contributed by atoms with van der Waals surface area (Å²) in [5, 5.41) is 0. The van der Waals surface area contributed by atoms with Crippen LogP contribution in [0.4, 0.5) is 0 Å². The maximum Gasteiger partial charge on any atom is 0.136 e. The predicted octanol–water partition coefficient (Wildman–Crippen LogP) is 3.46. The fourth-order valence-corrected chi connectivity index (χ4v) is 4.04. The molecular weight excluding hydrogens is 222 g/mol. The molecule has 3 rings (SSSR count). The third-order valence-corrected chi connectivity index (χ3v) is 5.02. The Morgan fingerprint density at radius 3 is 2.56 bits per heavy atom. The molecule has 0 aromatic rings. The largest absolute Gasteiger partial charge is 0.300 e. The Labute approximate surface area is 110 Å². The molecule has 1 aliphatic carbocycles. The maximum absolute atomic E-state index is 11.7. The molecule has 0 aromatic carbocycles. The molecule has 0 N–H and O–H groups in total. The van der Waals surface area contributed by atoms with Crippen LogP contribution in [-0.2, 0) is 4.79 Å². The van der Waals surface area contributed by atoms with E-state index in [0.29, 0.717) is 17.9 Å². The second kappa shape index (κ2) is 5.56. The van der Waals surface area contributed by atoms with Gasteiger partial charge in [0.05, 0.1) is 0 Å². The van der Waals surface area contributed by atoms with Gasteiger partial charge in [-0.1, -0.05) is 18.1 Å². The molecule has 0 amide bonds. The first-order valence-corrected chi connectivity index (χ1v) is 7.78. The highest BCUT2D eigenvalue weighted by Crippen LogP contribution is 2.33.